The number of benzene rings is 1. The molecule has 0 spiro atoms. The van der Waals surface area contributed by atoms with E-state index in [1.54, 1.807) is 42.8 Å². The van der Waals surface area contributed by atoms with Crippen molar-refractivity contribution in [2.75, 3.05) is 39.3 Å². The number of aliphatic hydroxyl groups is 1. The lowest BCUT2D eigenvalue weighted by Crippen LogP contribution is -2.24. The van der Waals surface area contributed by atoms with Gasteiger partial charge in [0.05, 0.1) is 54.5 Å². The van der Waals surface area contributed by atoms with Crippen molar-refractivity contribution < 1.29 is 14.6 Å². The van der Waals surface area contributed by atoms with Gasteiger partial charge in [-0.05, 0) is 42.8 Å². The molecular formula is C28H30N6O4. The summed E-state index contributed by atoms with van der Waals surface area (Å²) in [6.45, 7) is 2.99. The maximum Gasteiger partial charge on any atom is 0.333 e. The molecule has 0 saturated carbocycles. The molecule has 0 aliphatic rings. The third kappa shape index (κ3) is 4.27. The number of anilines is 1. The van der Waals surface area contributed by atoms with E-state index in [1.807, 2.05) is 55.3 Å². The van der Waals surface area contributed by atoms with Gasteiger partial charge in [0.2, 0.25) is 0 Å². The normalized spacial score (nSPS) is 11.4. The molecule has 0 saturated heterocycles. The van der Waals surface area contributed by atoms with E-state index in [9.17, 15) is 9.90 Å². The van der Waals surface area contributed by atoms with Crippen LogP contribution < -0.4 is 15.3 Å². The molecule has 38 heavy (non-hydrogen) atoms. The third-order valence-corrected chi connectivity index (χ3v) is 6.82. The summed E-state index contributed by atoms with van der Waals surface area (Å²) < 4.78 is 13.9. The summed E-state index contributed by atoms with van der Waals surface area (Å²) in [5.41, 5.74) is 5.66. The topological polar surface area (TPSA) is 108 Å². The molecule has 10 nitrogen and oxygen atoms in total. The van der Waals surface area contributed by atoms with Gasteiger partial charge < -0.3 is 19.5 Å². The average molecular weight is 515 g/mol. The molecule has 4 heterocycles. The van der Waals surface area contributed by atoms with E-state index >= 15 is 0 Å². The minimum absolute atomic E-state index is 0.180. The van der Waals surface area contributed by atoms with Crippen LogP contribution in [0.1, 0.15) is 11.4 Å². The molecule has 0 aliphatic carbocycles. The lowest BCUT2D eigenvalue weighted by atomic mass is 10.0. The highest BCUT2D eigenvalue weighted by Crippen LogP contribution is 2.32. The second-order valence-corrected chi connectivity index (χ2v) is 9.12. The molecule has 196 valence electrons. The van der Waals surface area contributed by atoms with Gasteiger partial charge in [0.1, 0.15) is 17.3 Å². The molecule has 0 unspecified atom stereocenters. The lowest BCUT2D eigenvalue weighted by Gasteiger charge is -2.19. The van der Waals surface area contributed by atoms with Gasteiger partial charge in [-0.1, -0.05) is 6.07 Å². The average Bonchev–Trinajstić information content (AvgIpc) is 3.20. The van der Waals surface area contributed by atoms with Crippen LogP contribution in [0.25, 0.3) is 38.8 Å². The zero-order valence-corrected chi connectivity index (χ0v) is 22.1. The van der Waals surface area contributed by atoms with Gasteiger partial charge >= 0.3 is 5.69 Å². The maximum atomic E-state index is 13.5. The standard InChI is InChI=1S/C28H30N6O4/c1-17-23(8-9-26(31-17)32(2)10-11-37-4)34-27-20-12-18(19-13-25(38-5)22(16-35)29-14-19)6-7-21(20)30-15-24(27)33(3)28(34)36/h6-9,12-15,35H,10-11,16H2,1-5H3. The number of aliphatic hydroxyl groups excluding tert-OH is 1. The molecule has 1 N–H and O–H groups in total. The van der Waals surface area contributed by atoms with Gasteiger partial charge in [-0.15, -0.1) is 0 Å². The van der Waals surface area contributed by atoms with Crippen molar-refractivity contribution in [3.05, 3.63) is 70.7 Å². The maximum absolute atomic E-state index is 13.5. The van der Waals surface area contributed by atoms with Gasteiger partial charge in [-0.3, -0.25) is 19.1 Å². The Balaban J connectivity index is 1.71. The number of ether oxygens (including phenoxy) is 2. The predicted molar refractivity (Wildman–Crippen MR) is 147 cm³/mol. The summed E-state index contributed by atoms with van der Waals surface area (Å²) in [4.78, 5) is 29.3. The fourth-order valence-corrected chi connectivity index (χ4v) is 4.66. The molecule has 4 aromatic heterocycles. The van der Waals surface area contributed by atoms with Crippen LogP contribution in [0.4, 0.5) is 5.82 Å². The fourth-order valence-electron chi connectivity index (χ4n) is 4.66. The second kappa shape index (κ2) is 10.2. The highest BCUT2D eigenvalue weighted by Gasteiger charge is 2.19. The highest BCUT2D eigenvalue weighted by molar-refractivity contribution is 6.04. The van der Waals surface area contributed by atoms with Crippen LogP contribution in [-0.4, -0.2) is 63.6 Å². The van der Waals surface area contributed by atoms with Gasteiger partial charge in [-0.25, -0.2) is 9.78 Å². The highest BCUT2D eigenvalue weighted by atomic mass is 16.5. The van der Waals surface area contributed by atoms with Crippen molar-refractivity contribution in [3.63, 3.8) is 0 Å². The number of aromatic nitrogens is 5. The zero-order valence-electron chi connectivity index (χ0n) is 22.1. The quantitative estimate of drug-likeness (QED) is 0.336. The summed E-state index contributed by atoms with van der Waals surface area (Å²) >= 11 is 0. The number of methoxy groups -OCH3 is 2. The fraction of sp³-hybridized carbons (Fsp3) is 0.286. The van der Waals surface area contributed by atoms with Crippen molar-refractivity contribution in [3.8, 4) is 22.6 Å². The summed E-state index contributed by atoms with van der Waals surface area (Å²) in [5.74, 6) is 1.31. The molecule has 0 bridgehead atoms. The lowest BCUT2D eigenvalue weighted by molar-refractivity contribution is 0.206. The Kier molecular flexibility index (Phi) is 6.83. The molecule has 5 rings (SSSR count). The smallest absolute Gasteiger partial charge is 0.333 e. The molecule has 0 radical (unpaired) electrons. The summed E-state index contributed by atoms with van der Waals surface area (Å²) in [7, 11) is 6.93. The van der Waals surface area contributed by atoms with Gasteiger partial charge in [-0.2, -0.15) is 0 Å². The summed E-state index contributed by atoms with van der Waals surface area (Å²) in [6.07, 6.45) is 3.43. The molecule has 10 heteroatoms. The van der Waals surface area contributed by atoms with E-state index in [1.165, 1.54) is 0 Å². The van der Waals surface area contributed by atoms with E-state index in [0.29, 0.717) is 35.8 Å². The van der Waals surface area contributed by atoms with Crippen LogP contribution >= 0.6 is 0 Å². The SMILES string of the molecule is COCCN(C)c1ccc(-n2c(=O)n(C)c3cnc4ccc(-c5cnc(CO)c(OC)c5)cc4c32)c(C)n1. The second-order valence-electron chi connectivity index (χ2n) is 9.12. The zero-order chi connectivity index (χ0) is 27.0. The van der Waals surface area contributed by atoms with Crippen LogP contribution in [-0.2, 0) is 18.4 Å². The minimum atomic E-state index is -0.212. The van der Waals surface area contributed by atoms with Crippen molar-refractivity contribution >= 4 is 27.8 Å². The van der Waals surface area contributed by atoms with E-state index in [-0.39, 0.29) is 12.3 Å². The van der Waals surface area contributed by atoms with Gasteiger partial charge in [0.15, 0.2) is 0 Å². The third-order valence-electron chi connectivity index (χ3n) is 6.82. The van der Waals surface area contributed by atoms with Crippen molar-refractivity contribution in [1.82, 2.24) is 24.1 Å². The van der Waals surface area contributed by atoms with Crippen molar-refractivity contribution in [2.45, 2.75) is 13.5 Å². The Morgan fingerprint density at radius 1 is 1.05 bits per heavy atom. The largest absolute Gasteiger partial charge is 0.495 e. The first-order chi connectivity index (χ1) is 18.4. The van der Waals surface area contributed by atoms with Crippen LogP contribution in [0.15, 0.2) is 53.6 Å². The Morgan fingerprint density at radius 2 is 1.87 bits per heavy atom. The van der Waals surface area contributed by atoms with Crippen molar-refractivity contribution in [2.24, 2.45) is 7.05 Å². The predicted octanol–water partition coefficient (Wildman–Crippen LogP) is 3.23. The first-order valence-corrected chi connectivity index (χ1v) is 12.2. The molecule has 0 atom stereocenters. The number of likely N-dealkylation sites (N-methyl/N-ethyl adjacent to an activating group) is 1. The minimum Gasteiger partial charge on any atom is -0.495 e. The Morgan fingerprint density at radius 3 is 2.58 bits per heavy atom. The van der Waals surface area contributed by atoms with Crippen LogP contribution in [0.5, 0.6) is 5.75 Å². The van der Waals surface area contributed by atoms with Crippen LogP contribution in [0, 0.1) is 6.92 Å². The number of hydrogen-bond acceptors (Lipinski definition) is 8. The number of hydrogen-bond donors (Lipinski definition) is 1. The first-order valence-electron chi connectivity index (χ1n) is 12.2. The number of aryl methyl sites for hydroxylation is 2. The number of rotatable bonds is 8. The molecular weight excluding hydrogens is 484 g/mol. The number of nitrogens with zero attached hydrogens (tertiary/aromatic N) is 6. The monoisotopic (exact) mass is 514 g/mol. The summed E-state index contributed by atoms with van der Waals surface area (Å²) in [6, 6.07) is 11.6. The number of imidazole rings is 1. The first kappa shape index (κ1) is 25.4. The molecule has 0 amide bonds. The van der Waals surface area contributed by atoms with E-state index < -0.39 is 0 Å². The van der Waals surface area contributed by atoms with Gasteiger partial charge in [0, 0.05) is 44.9 Å². The van der Waals surface area contributed by atoms with E-state index in [0.717, 1.165) is 39.1 Å². The Labute approximate surface area is 219 Å². The Bertz CT molecular complexity index is 1710. The Hall–Kier alpha value is -4.28. The van der Waals surface area contributed by atoms with E-state index in [4.69, 9.17) is 14.5 Å². The van der Waals surface area contributed by atoms with Gasteiger partial charge in [0.25, 0.3) is 0 Å². The van der Waals surface area contributed by atoms with Crippen LogP contribution in [0.2, 0.25) is 0 Å². The summed E-state index contributed by atoms with van der Waals surface area (Å²) in [5, 5.41) is 10.4. The molecule has 0 fully saturated rings. The molecule has 5 aromatic rings. The molecule has 1 aromatic carbocycles. The van der Waals surface area contributed by atoms with Crippen molar-refractivity contribution in [1.29, 1.82) is 0 Å². The van der Waals surface area contributed by atoms with E-state index in [2.05, 4.69) is 9.97 Å². The number of fused-ring (bicyclic) bond motifs is 3. The molecule has 0 aliphatic heterocycles. The number of pyridine rings is 3. The van der Waals surface area contributed by atoms with Crippen LogP contribution in [0.3, 0.4) is 0 Å².